The molecule has 2 aromatic carbocycles. The summed E-state index contributed by atoms with van der Waals surface area (Å²) in [4.78, 5) is 0.230. The van der Waals surface area contributed by atoms with Crippen LogP contribution in [-0.2, 0) is 16.4 Å². The zero-order valence-electron chi connectivity index (χ0n) is 18.3. The van der Waals surface area contributed by atoms with E-state index in [-0.39, 0.29) is 18.0 Å². The molecule has 0 aliphatic carbocycles. The second kappa shape index (κ2) is 9.42. The minimum absolute atomic E-state index is 0.00529. The van der Waals surface area contributed by atoms with Gasteiger partial charge in [0.05, 0.1) is 24.1 Å². The minimum atomic E-state index is -3.69. The van der Waals surface area contributed by atoms with Gasteiger partial charge in [-0.1, -0.05) is 29.7 Å². The molecule has 31 heavy (non-hydrogen) atoms. The van der Waals surface area contributed by atoms with Crippen LogP contribution in [0.2, 0.25) is 0 Å². The molecule has 0 saturated carbocycles. The summed E-state index contributed by atoms with van der Waals surface area (Å²) in [5.41, 5.74) is 4.05. The first-order chi connectivity index (χ1) is 14.8. The minimum Gasteiger partial charge on any atom is -0.496 e. The summed E-state index contributed by atoms with van der Waals surface area (Å²) in [6.07, 6.45) is 5.85. The van der Waals surface area contributed by atoms with Gasteiger partial charge in [-0.25, -0.2) is 8.42 Å². The second-order valence-electron chi connectivity index (χ2n) is 7.53. The quantitative estimate of drug-likeness (QED) is 0.477. The van der Waals surface area contributed by atoms with Crippen LogP contribution >= 0.6 is 0 Å². The van der Waals surface area contributed by atoms with Gasteiger partial charge >= 0.3 is 0 Å². The molecule has 0 atom stereocenters. The average Bonchev–Trinajstić information content (AvgIpc) is 3.19. The maximum atomic E-state index is 13.0. The lowest BCUT2D eigenvalue weighted by molar-refractivity contribution is 0.411. The van der Waals surface area contributed by atoms with E-state index in [9.17, 15) is 8.42 Å². The van der Waals surface area contributed by atoms with Crippen LogP contribution in [0.15, 0.2) is 57.8 Å². The second-order valence-corrected chi connectivity index (χ2v) is 9.47. The molecule has 0 spiro atoms. The molecule has 0 aliphatic heterocycles. The lowest BCUT2D eigenvalue weighted by Crippen LogP contribution is -2.33. The first-order valence-electron chi connectivity index (χ1n) is 10.0. The zero-order valence-corrected chi connectivity index (χ0v) is 19.1. The summed E-state index contributed by atoms with van der Waals surface area (Å²) >= 11 is 0. The largest absolute Gasteiger partial charge is 0.496 e. The van der Waals surface area contributed by atoms with Gasteiger partial charge in [-0.3, -0.25) is 0 Å². The van der Waals surface area contributed by atoms with Crippen LogP contribution < -0.4 is 4.74 Å². The SMILES string of the molecule is C#CCN(CCc1ccc(-c2c(C)cc(C)cc2OC)o1)S(=O)(=O)c1ccc(C)cc1. The molecule has 0 unspecified atom stereocenters. The van der Waals surface area contributed by atoms with Gasteiger partial charge in [-0.15, -0.1) is 6.42 Å². The van der Waals surface area contributed by atoms with Crippen molar-refractivity contribution >= 4 is 10.0 Å². The average molecular weight is 438 g/mol. The van der Waals surface area contributed by atoms with Gasteiger partial charge in [0, 0.05) is 13.0 Å². The summed E-state index contributed by atoms with van der Waals surface area (Å²) in [5, 5.41) is 0. The third kappa shape index (κ3) is 5.01. The molecule has 162 valence electrons. The van der Waals surface area contributed by atoms with E-state index in [2.05, 4.69) is 12.0 Å². The molecule has 0 amide bonds. The molecule has 1 aromatic heterocycles. The molecular weight excluding hydrogens is 410 g/mol. The third-order valence-electron chi connectivity index (χ3n) is 5.11. The Balaban J connectivity index is 1.81. The smallest absolute Gasteiger partial charge is 0.243 e. The number of methoxy groups -OCH3 is 1. The van der Waals surface area contributed by atoms with E-state index < -0.39 is 10.0 Å². The van der Waals surface area contributed by atoms with Crippen molar-refractivity contribution in [3.05, 3.63) is 71.0 Å². The monoisotopic (exact) mass is 437 g/mol. The predicted octanol–water partition coefficient (Wildman–Crippen LogP) is 4.75. The molecule has 3 aromatic rings. The third-order valence-corrected chi connectivity index (χ3v) is 6.97. The number of nitrogens with zero attached hydrogens (tertiary/aromatic N) is 1. The normalized spacial score (nSPS) is 11.5. The van der Waals surface area contributed by atoms with Gasteiger partial charge < -0.3 is 9.15 Å². The number of ether oxygens (including phenoxy) is 1. The van der Waals surface area contributed by atoms with Gasteiger partial charge in [0.2, 0.25) is 10.0 Å². The van der Waals surface area contributed by atoms with Crippen LogP contribution in [0.1, 0.15) is 22.5 Å². The van der Waals surface area contributed by atoms with Crippen LogP contribution in [0.25, 0.3) is 11.3 Å². The van der Waals surface area contributed by atoms with Crippen molar-refractivity contribution in [2.24, 2.45) is 0 Å². The Bertz CT molecular complexity index is 1200. The van der Waals surface area contributed by atoms with Gasteiger partial charge in [-0.2, -0.15) is 4.31 Å². The van der Waals surface area contributed by atoms with E-state index in [0.29, 0.717) is 17.9 Å². The van der Waals surface area contributed by atoms with Crippen molar-refractivity contribution in [2.45, 2.75) is 32.1 Å². The topological polar surface area (TPSA) is 59.8 Å². The van der Waals surface area contributed by atoms with Crippen molar-refractivity contribution in [3.63, 3.8) is 0 Å². The van der Waals surface area contributed by atoms with Crippen molar-refractivity contribution in [2.75, 3.05) is 20.2 Å². The summed E-state index contributed by atoms with van der Waals surface area (Å²) in [7, 11) is -2.05. The molecule has 5 nitrogen and oxygen atoms in total. The van der Waals surface area contributed by atoms with E-state index >= 15 is 0 Å². The Hall–Kier alpha value is -3.01. The van der Waals surface area contributed by atoms with E-state index in [1.807, 2.05) is 39.0 Å². The summed E-state index contributed by atoms with van der Waals surface area (Å²) in [6.45, 7) is 6.15. The number of sulfonamides is 1. The number of aryl methyl sites for hydroxylation is 3. The molecule has 0 radical (unpaired) electrons. The molecule has 0 fully saturated rings. The Kier molecular flexibility index (Phi) is 6.89. The van der Waals surface area contributed by atoms with Crippen LogP contribution in [0.4, 0.5) is 0 Å². The number of terminal acetylenes is 1. The molecular formula is C25H27NO4S. The van der Waals surface area contributed by atoms with Crippen LogP contribution in [0.3, 0.4) is 0 Å². The Morgan fingerprint density at radius 1 is 1.03 bits per heavy atom. The van der Waals surface area contributed by atoms with Crippen LogP contribution in [0.5, 0.6) is 5.75 Å². The summed E-state index contributed by atoms with van der Waals surface area (Å²) in [5.74, 6) is 4.56. The van der Waals surface area contributed by atoms with Crippen molar-refractivity contribution in [3.8, 4) is 29.4 Å². The van der Waals surface area contributed by atoms with E-state index in [1.54, 1.807) is 31.4 Å². The number of rotatable bonds is 8. The first kappa shape index (κ1) is 22.7. The molecule has 1 heterocycles. The van der Waals surface area contributed by atoms with E-state index in [1.165, 1.54) is 4.31 Å². The maximum absolute atomic E-state index is 13.0. The zero-order chi connectivity index (χ0) is 22.6. The van der Waals surface area contributed by atoms with Gasteiger partial charge in [0.15, 0.2) is 0 Å². The molecule has 0 N–H and O–H groups in total. The van der Waals surface area contributed by atoms with Crippen molar-refractivity contribution in [1.82, 2.24) is 4.31 Å². The lowest BCUT2D eigenvalue weighted by Gasteiger charge is -2.19. The number of benzene rings is 2. The number of hydrogen-bond donors (Lipinski definition) is 0. The lowest BCUT2D eigenvalue weighted by atomic mass is 10.0. The van der Waals surface area contributed by atoms with Gasteiger partial charge in [0.1, 0.15) is 17.3 Å². The fourth-order valence-corrected chi connectivity index (χ4v) is 4.89. The highest BCUT2D eigenvalue weighted by Gasteiger charge is 2.24. The van der Waals surface area contributed by atoms with Gasteiger partial charge in [-0.05, 0) is 62.2 Å². The highest BCUT2D eigenvalue weighted by Crippen LogP contribution is 2.35. The summed E-state index contributed by atoms with van der Waals surface area (Å²) in [6, 6.07) is 14.5. The number of hydrogen-bond acceptors (Lipinski definition) is 4. The van der Waals surface area contributed by atoms with Crippen LogP contribution in [-0.4, -0.2) is 32.9 Å². The Morgan fingerprint density at radius 2 is 1.74 bits per heavy atom. The highest BCUT2D eigenvalue weighted by atomic mass is 32.2. The van der Waals surface area contributed by atoms with E-state index in [0.717, 1.165) is 28.0 Å². The standard InChI is InChI=1S/C25H27NO4S/c1-6-14-26(31(27,28)22-10-7-18(2)8-11-22)15-13-21-9-12-23(30-21)25-20(4)16-19(3)17-24(25)29-5/h1,7-12,16-17H,13-15H2,2-5H3. The molecule has 0 aliphatic rings. The highest BCUT2D eigenvalue weighted by molar-refractivity contribution is 7.89. The fraction of sp³-hybridized carbons (Fsp3) is 0.280. The molecule has 6 heteroatoms. The molecule has 0 saturated heterocycles. The van der Waals surface area contributed by atoms with Gasteiger partial charge in [0.25, 0.3) is 0 Å². The molecule has 0 bridgehead atoms. The molecule has 3 rings (SSSR count). The van der Waals surface area contributed by atoms with Crippen molar-refractivity contribution < 1.29 is 17.6 Å². The maximum Gasteiger partial charge on any atom is 0.243 e. The Labute approximate surface area is 184 Å². The fourth-order valence-electron chi connectivity index (χ4n) is 3.53. The predicted molar refractivity (Wildman–Crippen MR) is 123 cm³/mol. The van der Waals surface area contributed by atoms with E-state index in [4.69, 9.17) is 15.6 Å². The first-order valence-corrected chi connectivity index (χ1v) is 11.4. The Morgan fingerprint density at radius 3 is 2.39 bits per heavy atom. The number of furan rings is 1. The van der Waals surface area contributed by atoms with Crippen LogP contribution in [0, 0.1) is 33.1 Å². The van der Waals surface area contributed by atoms with Crippen molar-refractivity contribution in [1.29, 1.82) is 0 Å². The summed E-state index contributed by atoms with van der Waals surface area (Å²) < 4.78 is 38.9.